The molecule has 15 aromatic rings. The van der Waals surface area contributed by atoms with Crippen LogP contribution in [0.1, 0.15) is 48.6 Å². The summed E-state index contributed by atoms with van der Waals surface area (Å²) in [4.78, 5) is 5.20. The maximum absolute atomic E-state index is 7.52. The first kappa shape index (κ1) is 55.2. The zero-order chi connectivity index (χ0) is 62.7. The quantitative estimate of drug-likeness (QED) is 0.135. The minimum Gasteiger partial charge on any atom is -0.457 e. The average molecular weight is 1200 g/mol. The smallest absolute Gasteiger partial charge is 0.252 e. The van der Waals surface area contributed by atoms with Gasteiger partial charge in [0.25, 0.3) is 6.71 Å². The van der Waals surface area contributed by atoms with Gasteiger partial charge in [0.2, 0.25) is 0 Å². The largest absolute Gasteiger partial charge is 0.457 e. The number of benzene rings is 14. The van der Waals surface area contributed by atoms with Gasteiger partial charge < -0.3 is 19.0 Å². The van der Waals surface area contributed by atoms with Gasteiger partial charge in [-0.05, 0) is 173 Å². The fraction of sp³-hybridized carbons (Fsp3) is 0.0562. The van der Waals surface area contributed by atoms with Gasteiger partial charge in [0.05, 0.1) is 5.41 Å². The van der Waals surface area contributed by atoms with E-state index >= 15 is 0 Å². The second kappa shape index (κ2) is 21.8. The van der Waals surface area contributed by atoms with E-state index in [0.717, 1.165) is 134 Å². The highest BCUT2D eigenvalue weighted by Crippen LogP contribution is 2.58. The van der Waals surface area contributed by atoms with Gasteiger partial charge in [0.1, 0.15) is 22.7 Å². The van der Waals surface area contributed by atoms with Crippen LogP contribution in [-0.2, 0) is 10.8 Å². The molecule has 0 unspecified atom stereocenters. The molecule has 94 heavy (non-hydrogen) atoms. The Morgan fingerprint density at radius 1 is 0.309 bits per heavy atom. The Morgan fingerprint density at radius 3 is 1.30 bits per heavy atom. The molecule has 0 N–H and O–H groups in total. The second-order valence-electron chi connectivity index (χ2n) is 26.4. The molecule has 0 fully saturated rings. The van der Waals surface area contributed by atoms with Crippen LogP contribution in [0.4, 0.5) is 34.1 Å². The summed E-state index contributed by atoms with van der Waals surface area (Å²) in [7, 11) is 0. The first-order chi connectivity index (χ1) is 46.2. The van der Waals surface area contributed by atoms with Crippen LogP contribution in [-0.4, -0.2) is 6.71 Å². The van der Waals surface area contributed by atoms with Gasteiger partial charge in [0, 0.05) is 62.1 Å². The number of ether oxygens (including phenoxy) is 1. The number of hydrogen-bond acceptors (Lipinski definition) is 4. The first-order valence-electron chi connectivity index (χ1n) is 32.6. The molecule has 1 aromatic heterocycles. The Hall–Kier alpha value is -11.7. The van der Waals surface area contributed by atoms with Crippen LogP contribution < -0.4 is 30.9 Å². The van der Waals surface area contributed by atoms with E-state index in [1.54, 1.807) is 0 Å². The fourth-order valence-corrected chi connectivity index (χ4v) is 15.5. The summed E-state index contributed by atoms with van der Waals surface area (Å²) in [6.07, 6.45) is 0. The first-order valence-corrected chi connectivity index (χ1v) is 32.6. The lowest BCUT2D eigenvalue weighted by Gasteiger charge is -2.47. The van der Waals surface area contributed by atoms with Crippen molar-refractivity contribution in [2.75, 3.05) is 9.80 Å². The van der Waals surface area contributed by atoms with Crippen LogP contribution in [0.25, 0.3) is 77.6 Å². The van der Waals surface area contributed by atoms with Gasteiger partial charge in [-0.3, -0.25) is 0 Å². The number of furan rings is 1. The van der Waals surface area contributed by atoms with Crippen LogP contribution in [0, 0.1) is 0 Å². The molecule has 14 aromatic carbocycles. The van der Waals surface area contributed by atoms with Gasteiger partial charge in [-0.2, -0.15) is 0 Å². The topological polar surface area (TPSA) is 28.9 Å². The van der Waals surface area contributed by atoms with Gasteiger partial charge in [-0.15, -0.1) is 0 Å². The van der Waals surface area contributed by atoms with Crippen LogP contribution in [0.15, 0.2) is 332 Å². The standard InChI is InChI=1S/C89H63BN2O2/c1-88(2,3)70-43-44-77-79(55-70)91(71-48-63(58-26-10-4-11-27-58)46-64(49-71)59-28-12-5-13-29-59)81-53-67(62-42-45-84-74(52-62)73-38-22-24-40-83(73)93-84)54-82-87(81)90(77)78-56-76-86(94-85-41-25-23-39-75(85)89(76,68-34-18-8-19-35-68)69-36-20-9-21-37-69)57-80(78)92(82)72-50-65(60-30-14-6-15-31-60)47-66(51-72)61-32-16-7-17-33-61/h4-57H,1-3H3. The highest BCUT2D eigenvalue weighted by atomic mass is 16.5. The minimum atomic E-state index is -0.783. The van der Waals surface area contributed by atoms with Gasteiger partial charge >= 0.3 is 0 Å². The molecule has 0 amide bonds. The zero-order valence-corrected chi connectivity index (χ0v) is 52.5. The van der Waals surface area contributed by atoms with Crippen LogP contribution in [0.3, 0.4) is 0 Å². The Morgan fingerprint density at radius 2 is 0.766 bits per heavy atom. The summed E-state index contributed by atoms with van der Waals surface area (Å²) in [5.41, 5.74) is 27.9. The van der Waals surface area contributed by atoms with Crippen molar-refractivity contribution in [2.45, 2.75) is 31.6 Å². The number of fused-ring (bicyclic) bond motifs is 9. The van der Waals surface area contributed by atoms with E-state index in [-0.39, 0.29) is 12.1 Å². The lowest BCUT2D eigenvalue weighted by molar-refractivity contribution is 0.435. The SMILES string of the molecule is CC(C)(C)c1ccc2c(c1)N(c1cc(-c3ccccc3)cc(-c3ccccc3)c1)c1cc(-c3ccc4oc5ccccc5c4c3)cc3c1B2c1cc2c(cc1N3c1cc(-c3ccccc3)cc(-c3ccccc3)c1)Oc1ccccc1C2(c1ccccc1)c1ccccc1. The summed E-state index contributed by atoms with van der Waals surface area (Å²) in [5, 5.41) is 2.16. The Labute approximate surface area is 549 Å². The molecular formula is C89H63BN2O2. The minimum absolute atomic E-state index is 0.186. The second-order valence-corrected chi connectivity index (χ2v) is 26.4. The number of nitrogens with zero attached hydrogens (tertiary/aromatic N) is 2. The van der Waals surface area contributed by atoms with E-state index in [4.69, 9.17) is 9.15 Å². The number of anilines is 6. The Kier molecular flexibility index (Phi) is 12.8. The van der Waals surface area contributed by atoms with E-state index in [1.165, 1.54) is 33.1 Å². The van der Waals surface area contributed by atoms with E-state index in [9.17, 15) is 0 Å². The molecule has 3 aliphatic rings. The van der Waals surface area contributed by atoms with Crippen molar-refractivity contribution in [3.63, 3.8) is 0 Å². The van der Waals surface area contributed by atoms with Crippen molar-refractivity contribution in [2.24, 2.45) is 0 Å². The summed E-state index contributed by atoms with van der Waals surface area (Å²) >= 11 is 0. The Bertz CT molecular complexity index is 5290. The molecule has 444 valence electrons. The molecule has 0 aliphatic carbocycles. The fourth-order valence-electron chi connectivity index (χ4n) is 15.5. The number of hydrogen-bond donors (Lipinski definition) is 0. The average Bonchev–Trinajstić information content (AvgIpc) is 0.764. The summed E-state index contributed by atoms with van der Waals surface area (Å²) in [5.74, 6) is 1.64. The van der Waals surface area contributed by atoms with Gasteiger partial charge in [0.15, 0.2) is 0 Å². The molecule has 0 bridgehead atoms. The third-order valence-corrected chi connectivity index (χ3v) is 19.9. The summed E-state index contributed by atoms with van der Waals surface area (Å²) in [6.45, 7) is 6.74. The molecule has 0 radical (unpaired) electrons. The molecule has 4 heterocycles. The number of para-hydroxylation sites is 2. The van der Waals surface area contributed by atoms with E-state index in [2.05, 4.69) is 358 Å². The lowest BCUT2D eigenvalue weighted by atomic mass is 9.33. The molecule has 0 saturated heterocycles. The molecule has 3 aliphatic heterocycles. The highest BCUT2D eigenvalue weighted by Gasteiger charge is 2.50. The van der Waals surface area contributed by atoms with Crippen molar-refractivity contribution in [1.29, 1.82) is 0 Å². The van der Waals surface area contributed by atoms with Crippen molar-refractivity contribution in [1.82, 2.24) is 0 Å². The third-order valence-electron chi connectivity index (χ3n) is 19.9. The van der Waals surface area contributed by atoms with Crippen molar-refractivity contribution in [3.8, 4) is 67.1 Å². The van der Waals surface area contributed by atoms with Crippen molar-refractivity contribution >= 4 is 79.2 Å². The molecule has 5 heteroatoms. The molecule has 4 nitrogen and oxygen atoms in total. The monoisotopic (exact) mass is 1200 g/mol. The van der Waals surface area contributed by atoms with E-state index in [0.29, 0.717) is 0 Å². The molecule has 0 saturated carbocycles. The van der Waals surface area contributed by atoms with E-state index in [1.807, 2.05) is 0 Å². The molecule has 0 spiro atoms. The van der Waals surface area contributed by atoms with Gasteiger partial charge in [-0.1, -0.05) is 263 Å². The van der Waals surface area contributed by atoms with Gasteiger partial charge in [-0.25, -0.2) is 0 Å². The number of rotatable bonds is 9. The van der Waals surface area contributed by atoms with E-state index < -0.39 is 5.41 Å². The maximum atomic E-state index is 7.52. The summed E-state index contributed by atoms with van der Waals surface area (Å²) in [6, 6.07) is 121. The molecule has 0 atom stereocenters. The summed E-state index contributed by atoms with van der Waals surface area (Å²) < 4.78 is 14.1. The highest BCUT2D eigenvalue weighted by molar-refractivity contribution is 7.00. The van der Waals surface area contributed by atoms with Crippen LogP contribution in [0.5, 0.6) is 11.5 Å². The van der Waals surface area contributed by atoms with Crippen LogP contribution >= 0.6 is 0 Å². The maximum Gasteiger partial charge on any atom is 0.252 e. The molecular weight excluding hydrogens is 1140 g/mol. The predicted molar refractivity (Wildman–Crippen MR) is 392 cm³/mol. The zero-order valence-electron chi connectivity index (χ0n) is 52.5. The molecule has 18 rings (SSSR count). The lowest BCUT2D eigenvalue weighted by Crippen LogP contribution is -2.61. The Balaban J connectivity index is 1.01. The van der Waals surface area contributed by atoms with Crippen molar-refractivity contribution in [3.05, 3.63) is 355 Å². The predicted octanol–water partition coefficient (Wildman–Crippen LogP) is 21.8. The van der Waals surface area contributed by atoms with Crippen LogP contribution in [0.2, 0.25) is 0 Å². The third kappa shape index (κ3) is 8.90. The van der Waals surface area contributed by atoms with Crippen molar-refractivity contribution < 1.29 is 9.15 Å². The normalized spacial score (nSPS) is 13.4.